The molecular weight excluding hydrogens is 278 g/mol. The molecule has 0 aliphatic carbocycles. The van der Waals surface area contributed by atoms with E-state index in [1.165, 1.54) is 12.3 Å². The minimum atomic E-state index is -2.49. The van der Waals surface area contributed by atoms with E-state index in [1.807, 2.05) is 0 Å². The predicted octanol–water partition coefficient (Wildman–Crippen LogP) is 0.763. The van der Waals surface area contributed by atoms with E-state index in [-0.39, 0.29) is 23.3 Å². The molecule has 2 aromatic rings. The van der Waals surface area contributed by atoms with Gasteiger partial charge in [-0.15, -0.1) is 10.2 Å². The molecule has 102 valence electrons. The van der Waals surface area contributed by atoms with Crippen molar-refractivity contribution in [2.75, 3.05) is 11.1 Å². The van der Waals surface area contributed by atoms with E-state index in [9.17, 15) is 13.6 Å². The quantitative estimate of drug-likeness (QED) is 0.846. The molecule has 0 atom stereocenters. The number of alkyl halides is 2. The smallest absolute Gasteiger partial charge is 0.257 e. The van der Waals surface area contributed by atoms with Crippen molar-refractivity contribution in [1.82, 2.24) is 20.0 Å². The highest BCUT2D eigenvalue weighted by molar-refractivity contribution is 7.15. The monoisotopic (exact) mass is 288 g/mol. The summed E-state index contributed by atoms with van der Waals surface area (Å²) in [4.78, 5) is 11.6. The van der Waals surface area contributed by atoms with E-state index in [0.29, 0.717) is 5.01 Å². The molecule has 19 heavy (non-hydrogen) atoms. The van der Waals surface area contributed by atoms with Crippen molar-refractivity contribution < 1.29 is 13.6 Å². The molecule has 0 unspecified atom stereocenters. The number of nitrogen functional groups attached to an aromatic ring is 1. The van der Waals surface area contributed by atoms with Gasteiger partial charge in [-0.3, -0.25) is 9.48 Å². The second-order valence-electron chi connectivity index (χ2n) is 3.57. The number of nitrogens with one attached hydrogen (secondary N) is 1. The van der Waals surface area contributed by atoms with Crippen LogP contribution in [0.25, 0.3) is 0 Å². The zero-order chi connectivity index (χ0) is 13.8. The third-order valence-electron chi connectivity index (χ3n) is 2.03. The molecule has 3 N–H and O–H groups in total. The largest absolute Gasteiger partial charge is 0.374 e. The molecule has 0 saturated carbocycles. The maximum Gasteiger partial charge on any atom is 0.257 e. The van der Waals surface area contributed by atoms with E-state index < -0.39 is 13.0 Å². The number of carbonyl (C=O) groups is 1. The normalized spacial score (nSPS) is 10.9. The van der Waals surface area contributed by atoms with Crippen LogP contribution in [0.4, 0.5) is 19.7 Å². The summed E-state index contributed by atoms with van der Waals surface area (Å²) in [5.41, 5.74) is 5.38. The summed E-state index contributed by atoms with van der Waals surface area (Å²) < 4.78 is 25.3. The number of aromatic nitrogens is 4. The van der Waals surface area contributed by atoms with E-state index >= 15 is 0 Å². The Hall–Kier alpha value is -2.10. The zero-order valence-corrected chi connectivity index (χ0v) is 10.4. The lowest BCUT2D eigenvalue weighted by molar-refractivity contribution is -0.115. The molecule has 0 saturated heterocycles. The fourth-order valence-corrected chi connectivity index (χ4v) is 1.94. The molecule has 2 heterocycles. The van der Waals surface area contributed by atoms with Gasteiger partial charge in [-0.05, 0) is 0 Å². The molecule has 7 nitrogen and oxygen atoms in total. The van der Waals surface area contributed by atoms with Crippen LogP contribution in [0, 0.1) is 0 Å². The fourth-order valence-electron chi connectivity index (χ4n) is 1.33. The van der Waals surface area contributed by atoms with Crippen LogP contribution in [0.1, 0.15) is 5.01 Å². The molecule has 0 aromatic carbocycles. The highest BCUT2D eigenvalue weighted by Gasteiger charge is 2.11. The molecule has 0 radical (unpaired) electrons. The molecule has 0 fully saturated rings. The van der Waals surface area contributed by atoms with Crippen molar-refractivity contribution >= 4 is 28.2 Å². The lowest BCUT2D eigenvalue weighted by Gasteiger charge is -2.00. The SMILES string of the molecule is Nc1nnc(CC(=O)Nc2ccn(CC(F)F)n2)s1. The van der Waals surface area contributed by atoms with Gasteiger partial charge in [0, 0.05) is 12.3 Å². The van der Waals surface area contributed by atoms with Crippen molar-refractivity contribution in [3.05, 3.63) is 17.3 Å². The van der Waals surface area contributed by atoms with Crippen molar-refractivity contribution in [1.29, 1.82) is 0 Å². The Bertz CT molecular complexity index is 569. The summed E-state index contributed by atoms with van der Waals surface area (Å²) in [7, 11) is 0. The average Bonchev–Trinajstić information content (AvgIpc) is 2.88. The van der Waals surface area contributed by atoms with Crippen LogP contribution in [0.15, 0.2) is 12.3 Å². The second kappa shape index (κ2) is 5.69. The van der Waals surface area contributed by atoms with Crippen LogP contribution in [0.2, 0.25) is 0 Å². The molecule has 0 aliphatic heterocycles. The molecule has 0 bridgehead atoms. The lowest BCUT2D eigenvalue weighted by Crippen LogP contribution is -2.15. The van der Waals surface area contributed by atoms with E-state index in [2.05, 4.69) is 20.6 Å². The number of rotatable bonds is 5. The Balaban J connectivity index is 1.90. The molecule has 10 heteroatoms. The number of amides is 1. The van der Waals surface area contributed by atoms with Crippen LogP contribution < -0.4 is 11.1 Å². The van der Waals surface area contributed by atoms with Crippen molar-refractivity contribution in [3.8, 4) is 0 Å². The maximum absolute atomic E-state index is 12.1. The van der Waals surface area contributed by atoms with Crippen LogP contribution in [-0.2, 0) is 17.8 Å². The van der Waals surface area contributed by atoms with E-state index in [0.717, 1.165) is 16.0 Å². The molecule has 0 aliphatic rings. The highest BCUT2D eigenvalue weighted by Crippen LogP contribution is 2.12. The third kappa shape index (κ3) is 3.95. The van der Waals surface area contributed by atoms with Crippen LogP contribution in [-0.4, -0.2) is 32.3 Å². The maximum atomic E-state index is 12.1. The van der Waals surface area contributed by atoms with Gasteiger partial charge >= 0.3 is 0 Å². The Morgan fingerprint density at radius 1 is 1.53 bits per heavy atom. The van der Waals surface area contributed by atoms with Gasteiger partial charge in [0.05, 0.1) is 6.42 Å². The molecule has 0 spiro atoms. The van der Waals surface area contributed by atoms with Crippen molar-refractivity contribution in [2.24, 2.45) is 0 Å². The van der Waals surface area contributed by atoms with Gasteiger partial charge < -0.3 is 11.1 Å². The van der Waals surface area contributed by atoms with Gasteiger partial charge in [-0.1, -0.05) is 11.3 Å². The fraction of sp³-hybridized carbons (Fsp3) is 0.333. The summed E-state index contributed by atoms with van der Waals surface area (Å²) in [6.45, 7) is -0.511. The first kappa shape index (κ1) is 13.3. The van der Waals surface area contributed by atoms with Crippen molar-refractivity contribution in [2.45, 2.75) is 19.4 Å². The molecule has 2 aromatic heterocycles. The van der Waals surface area contributed by atoms with E-state index in [4.69, 9.17) is 5.73 Å². The number of hydrogen-bond acceptors (Lipinski definition) is 6. The second-order valence-corrected chi connectivity index (χ2v) is 4.67. The van der Waals surface area contributed by atoms with Gasteiger partial charge in [-0.2, -0.15) is 5.10 Å². The van der Waals surface area contributed by atoms with Gasteiger partial charge in [0.2, 0.25) is 11.0 Å². The first-order valence-corrected chi connectivity index (χ1v) is 6.04. The van der Waals surface area contributed by atoms with Gasteiger partial charge in [0.15, 0.2) is 5.82 Å². The third-order valence-corrected chi connectivity index (χ3v) is 2.78. The number of anilines is 2. The molecular formula is C9H10F2N6OS. The highest BCUT2D eigenvalue weighted by atomic mass is 32.1. The van der Waals surface area contributed by atoms with Crippen molar-refractivity contribution in [3.63, 3.8) is 0 Å². The Morgan fingerprint density at radius 2 is 2.32 bits per heavy atom. The topological polar surface area (TPSA) is 98.7 Å². The standard InChI is InChI=1S/C9H10F2N6OS/c10-5(11)4-17-2-1-6(16-17)13-7(18)3-8-14-15-9(12)19-8/h1-2,5H,3-4H2,(H2,12,15)(H,13,16,18). The minimum Gasteiger partial charge on any atom is -0.374 e. The van der Waals surface area contributed by atoms with Crippen LogP contribution in [0.3, 0.4) is 0 Å². The number of halogens is 2. The lowest BCUT2D eigenvalue weighted by atomic mass is 10.4. The van der Waals surface area contributed by atoms with Crippen LogP contribution in [0.5, 0.6) is 0 Å². The van der Waals surface area contributed by atoms with E-state index in [1.54, 1.807) is 0 Å². The minimum absolute atomic E-state index is 0.0105. The average molecular weight is 288 g/mol. The number of carbonyl (C=O) groups excluding carboxylic acids is 1. The van der Waals surface area contributed by atoms with Crippen LogP contribution >= 0.6 is 11.3 Å². The summed E-state index contributed by atoms with van der Waals surface area (Å²) in [5.74, 6) is -0.151. The van der Waals surface area contributed by atoms with Gasteiger partial charge in [0.25, 0.3) is 6.43 Å². The summed E-state index contributed by atoms with van der Waals surface area (Å²) >= 11 is 1.11. The zero-order valence-electron chi connectivity index (χ0n) is 9.58. The number of hydrogen-bond donors (Lipinski definition) is 2. The van der Waals surface area contributed by atoms with Gasteiger partial charge in [-0.25, -0.2) is 8.78 Å². The first-order valence-electron chi connectivity index (χ1n) is 5.22. The molecule has 2 rings (SSSR count). The predicted molar refractivity (Wildman–Crippen MR) is 64.9 cm³/mol. The molecule has 1 amide bonds. The number of nitrogens with two attached hydrogens (primary N) is 1. The first-order chi connectivity index (χ1) is 9.02. The summed E-state index contributed by atoms with van der Waals surface area (Å²) in [6, 6.07) is 1.44. The Morgan fingerprint density at radius 3 is 2.95 bits per heavy atom. The van der Waals surface area contributed by atoms with Gasteiger partial charge in [0.1, 0.15) is 11.6 Å². The Kier molecular flexibility index (Phi) is 4.00. The number of nitrogens with zero attached hydrogens (tertiary/aromatic N) is 4. The summed E-state index contributed by atoms with van der Waals surface area (Å²) in [5, 5.41) is 14.3. The Labute approximate surface area is 110 Å². The summed E-state index contributed by atoms with van der Waals surface area (Å²) in [6.07, 6.45) is -1.12.